The second kappa shape index (κ2) is 8.43. The van der Waals surface area contributed by atoms with Gasteiger partial charge in [-0.25, -0.2) is 4.68 Å². The van der Waals surface area contributed by atoms with Gasteiger partial charge in [-0.3, -0.25) is 14.8 Å². The van der Waals surface area contributed by atoms with Crippen LogP contribution in [-0.2, 0) is 6.54 Å². The number of rotatable bonds is 6. The number of aromatic nitrogens is 5. The fraction of sp³-hybridized carbons (Fsp3) is 0.136. The summed E-state index contributed by atoms with van der Waals surface area (Å²) in [4.78, 5) is 21.4. The van der Waals surface area contributed by atoms with Crippen molar-refractivity contribution in [3.8, 4) is 11.3 Å². The highest BCUT2D eigenvalue weighted by Crippen LogP contribution is 2.23. The molecule has 29 heavy (non-hydrogen) atoms. The maximum atomic E-state index is 13.0. The number of benzene rings is 1. The lowest BCUT2D eigenvalue weighted by molar-refractivity contribution is 0.0934. The van der Waals surface area contributed by atoms with Crippen LogP contribution in [0.15, 0.2) is 79.3 Å². The van der Waals surface area contributed by atoms with E-state index < -0.39 is 0 Å². The van der Waals surface area contributed by atoms with Crippen LogP contribution in [0.3, 0.4) is 0 Å². The first-order valence-corrected chi connectivity index (χ1v) is 9.32. The van der Waals surface area contributed by atoms with Crippen molar-refractivity contribution >= 4 is 5.91 Å². The summed E-state index contributed by atoms with van der Waals surface area (Å²) < 4.78 is 1.74. The molecule has 0 saturated heterocycles. The number of pyridine rings is 2. The Kier molecular flexibility index (Phi) is 5.38. The molecule has 144 valence electrons. The van der Waals surface area contributed by atoms with Crippen LogP contribution in [-0.4, -0.2) is 30.9 Å². The molecular weight excluding hydrogens is 364 g/mol. The van der Waals surface area contributed by atoms with Crippen molar-refractivity contribution < 1.29 is 4.79 Å². The Bertz CT molecular complexity index is 1080. The topological polar surface area (TPSA) is 85.6 Å². The third kappa shape index (κ3) is 4.19. The van der Waals surface area contributed by atoms with E-state index >= 15 is 0 Å². The lowest BCUT2D eigenvalue weighted by Crippen LogP contribution is -2.28. The van der Waals surface area contributed by atoms with Crippen LogP contribution in [0, 0.1) is 0 Å². The van der Waals surface area contributed by atoms with Crippen molar-refractivity contribution in [3.05, 3.63) is 96.2 Å². The molecule has 0 bridgehead atoms. The molecular formula is C22H20N6O. The first-order valence-electron chi connectivity index (χ1n) is 9.32. The summed E-state index contributed by atoms with van der Waals surface area (Å²) in [5.41, 5.74) is 3.61. The van der Waals surface area contributed by atoms with Crippen molar-refractivity contribution in [2.24, 2.45) is 0 Å². The van der Waals surface area contributed by atoms with Crippen LogP contribution in [0.2, 0.25) is 0 Å². The minimum atomic E-state index is -0.297. The number of nitrogens with zero attached hydrogens (tertiary/aromatic N) is 5. The van der Waals surface area contributed by atoms with Crippen molar-refractivity contribution in [1.29, 1.82) is 0 Å². The Hall–Kier alpha value is -3.87. The van der Waals surface area contributed by atoms with Crippen molar-refractivity contribution in [2.75, 3.05) is 0 Å². The van der Waals surface area contributed by atoms with Gasteiger partial charge in [-0.2, -0.15) is 0 Å². The van der Waals surface area contributed by atoms with Gasteiger partial charge in [-0.05, 0) is 36.8 Å². The van der Waals surface area contributed by atoms with E-state index in [-0.39, 0.29) is 17.6 Å². The van der Waals surface area contributed by atoms with Gasteiger partial charge < -0.3 is 5.32 Å². The Labute approximate surface area is 168 Å². The van der Waals surface area contributed by atoms with Gasteiger partial charge >= 0.3 is 0 Å². The van der Waals surface area contributed by atoms with E-state index in [4.69, 9.17) is 0 Å². The molecule has 0 spiro atoms. The maximum absolute atomic E-state index is 13.0. The molecule has 0 aliphatic carbocycles. The Morgan fingerprint density at radius 3 is 2.48 bits per heavy atom. The monoisotopic (exact) mass is 384 g/mol. The van der Waals surface area contributed by atoms with Crippen LogP contribution in [0.5, 0.6) is 0 Å². The van der Waals surface area contributed by atoms with Crippen molar-refractivity contribution in [1.82, 2.24) is 30.3 Å². The molecule has 0 aliphatic rings. The molecule has 1 amide bonds. The van der Waals surface area contributed by atoms with Gasteiger partial charge in [0.05, 0.1) is 18.3 Å². The second-order valence-electron chi connectivity index (χ2n) is 6.62. The molecule has 4 rings (SSSR count). The molecule has 0 unspecified atom stereocenters. The first-order chi connectivity index (χ1) is 14.2. The molecule has 0 aliphatic heterocycles. The lowest BCUT2D eigenvalue weighted by atomic mass is 10.1. The fourth-order valence-electron chi connectivity index (χ4n) is 3.10. The molecule has 0 radical (unpaired) electrons. The summed E-state index contributed by atoms with van der Waals surface area (Å²) in [6.07, 6.45) is 5.08. The molecule has 0 fully saturated rings. The van der Waals surface area contributed by atoms with Crippen LogP contribution in [0.1, 0.15) is 34.7 Å². The van der Waals surface area contributed by atoms with Gasteiger partial charge in [0.25, 0.3) is 5.91 Å². The lowest BCUT2D eigenvalue weighted by Gasteiger charge is -2.13. The van der Waals surface area contributed by atoms with E-state index in [9.17, 15) is 4.79 Å². The van der Waals surface area contributed by atoms with Crippen molar-refractivity contribution in [2.45, 2.75) is 19.5 Å². The zero-order valence-corrected chi connectivity index (χ0v) is 15.9. The van der Waals surface area contributed by atoms with Gasteiger partial charge in [0.2, 0.25) is 0 Å². The highest BCUT2D eigenvalue weighted by atomic mass is 16.2. The normalized spacial score (nSPS) is 11.8. The predicted molar refractivity (Wildman–Crippen MR) is 109 cm³/mol. The van der Waals surface area contributed by atoms with E-state index in [1.807, 2.05) is 67.6 Å². The summed E-state index contributed by atoms with van der Waals surface area (Å²) in [6.45, 7) is 2.40. The van der Waals surface area contributed by atoms with Gasteiger partial charge in [0.15, 0.2) is 5.69 Å². The van der Waals surface area contributed by atoms with Crippen LogP contribution in [0.25, 0.3) is 11.3 Å². The van der Waals surface area contributed by atoms with E-state index in [1.54, 1.807) is 23.3 Å². The maximum Gasteiger partial charge on any atom is 0.274 e. The molecule has 1 atom stereocenters. The largest absolute Gasteiger partial charge is 0.342 e. The summed E-state index contributed by atoms with van der Waals surface area (Å²) in [6, 6.07) is 19.0. The Balaban J connectivity index is 1.67. The molecule has 4 aromatic rings. The van der Waals surface area contributed by atoms with E-state index in [0.29, 0.717) is 12.2 Å². The van der Waals surface area contributed by atoms with Crippen molar-refractivity contribution in [3.63, 3.8) is 0 Å². The summed E-state index contributed by atoms with van der Waals surface area (Å²) in [7, 11) is 0. The Morgan fingerprint density at radius 2 is 1.76 bits per heavy atom. The Morgan fingerprint density at radius 1 is 1.00 bits per heavy atom. The second-order valence-corrected chi connectivity index (χ2v) is 6.62. The van der Waals surface area contributed by atoms with E-state index in [0.717, 1.165) is 16.8 Å². The predicted octanol–water partition coefficient (Wildman–Crippen LogP) is 3.27. The number of amides is 1. The molecule has 3 aromatic heterocycles. The number of nitrogens with one attached hydrogen (secondary N) is 1. The molecule has 1 aromatic carbocycles. The molecule has 0 saturated carbocycles. The first kappa shape index (κ1) is 18.5. The van der Waals surface area contributed by atoms with Crippen LogP contribution < -0.4 is 5.32 Å². The average molecular weight is 384 g/mol. The van der Waals surface area contributed by atoms with E-state index in [1.165, 1.54) is 0 Å². The standard InChI is InChI=1S/C22H20N6O/c1-16(19-9-5-6-12-24-19)25-22(29)20-21(18-10-13-23-14-11-18)28(27-26-20)15-17-7-3-2-4-8-17/h2-14,16H,15H2,1H3,(H,25,29)/t16-/m1/s1. The van der Waals surface area contributed by atoms with Gasteiger partial charge in [0, 0.05) is 24.2 Å². The summed E-state index contributed by atoms with van der Waals surface area (Å²) >= 11 is 0. The van der Waals surface area contributed by atoms with E-state index in [2.05, 4.69) is 25.6 Å². The highest BCUT2D eigenvalue weighted by Gasteiger charge is 2.23. The zero-order chi connectivity index (χ0) is 20.1. The SMILES string of the molecule is C[C@@H](NC(=O)c1nnn(Cc2ccccc2)c1-c1ccncc1)c1ccccn1. The van der Waals surface area contributed by atoms with Gasteiger partial charge in [0.1, 0.15) is 5.69 Å². The summed E-state index contributed by atoms with van der Waals surface area (Å²) in [5, 5.41) is 11.4. The minimum absolute atomic E-state index is 0.256. The quantitative estimate of drug-likeness (QED) is 0.551. The molecule has 7 nitrogen and oxygen atoms in total. The molecule has 3 heterocycles. The van der Waals surface area contributed by atoms with Gasteiger partial charge in [-0.1, -0.05) is 41.6 Å². The number of hydrogen-bond donors (Lipinski definition) is 1. The zero-order valence-electron chi connectivity index (χ0n) is 15.9. The summed E-state index contributed by atoms with van der Waals surface area (Å²) in [5.74, 6) is -0.297. The number of carbonyl (C=O) groups excluding carboxylic acids is 1. The number of carbonyl (C=O) groups is 1. The van der Waals surface area contributed by atoms with Gasteiger partial charge in [-0.15, -0.1) is 5.10 Å². The highest BCUT2D eigenvalue weighted by molar-refractivity contribution is 5.98. The number of hydrogen-bond acceptors (Lipinski definition) is 5. The van der Waals surface area contributed by atoms with Crippen LogP contribution in [0.4, 0.5) is 0 Å². The smallest absolute Gasteiger partial charge is 0.274 e. The molecule has 1 N–H and O–H groups in total. The minimum Gasteiger partial charge on any atom is -0.342 e. The third-order valence-electron chi connectivity index (χ3n) is 4.56. The fourth-order valence-corrected chi connectivity index (χ4v) is 3.10. The third-order valence-corrected chi connectivity index (χ3v) is 4.56. The van der Waals surface area contributed by atoms with Crippen LogP contribution >= 0.6 is 0 Å². The average Bonchev–Trinajstić information content (AvgIpc) is 3.19. The molecule has 7 heteroatoms.